The molecule has 0 radical (unpaired) electrons. The molecule has 0 atom stereocenters. The molecule has 78 valence electrons. The van der Waals surface area contributed by atoms with E-state index in [1.54, 1.807) is 0 Å². The van der Waals surface area contributed by atoms with E-state index in [-0.39, 0.29) is 6.42 Å². The molecule has 4 nitrogen and oxygen atoms in total. The summed E-state index contributed by atoms with van der Waals surface area (Å²) in [5.41, 5.74) is 1.64. The standard InChI is InChI=1S/C10H16N2O2/c1-4-5-9-11-8(6-10(13)14)7(2)12(9)3/h4-6H2,1-3H3,(H,13,14). The molecule has 0 saturated carbocycles. The Morgan fingerprint density at radius 3 is 2.71 bits per heavy atom. The first-order valence-corrected chi connectivity index (χ1v) is 4.79. The predicted octanol–water partition coefficient (Wildman–Crippen LogP) is 1.31. The van der Waals surface area contributed by atoms with Crippen molar-refractivity contribution in [3.8, 4) is 0 Å². The van der Waals surface area contributed by atoms with E-state index >= 15 is 0 Å². The second-order valence-electron chi connectivity index (χ2n) is 3.44. The molecule has 1 aromatic heterocycles. The summed E-state index contributed by atoms with van der Waals surface area (Å²) in [6.45, 7) is 3.99. The van der Waals surface area contributed by atoms with E-state index in [1.165, 1.54) is 0 Å². The average molecular weight is 196 g/mol. The van der Waals surface area contributed by atoms with Crippen molar-refractivity contribution in [1.29, 1.82) is 0 Å². The third-order valence-corrected chi connectivity index (χ3v) is 2.36. The molecule has 0 amide bonds. The van der Waals surface area contributed by atoms with Crippen LogP contribution in [0.25, 0.3) is 0 Å². The van der Waals surface area contributed by atoms with Gasteiger partial charge in [0.2, 0.25) is 0 Å². The Hall–Kier alpha value is -1.32. The number of aromatic nitrogens is 2. The van der Waals surface area contributed by atoms with Gasteiger partial charge < -0.3 is 9.67 Å². The van der Waals surface area contributed by atoms with Crippen LogP contribution in [0.4, 0.5) is 0 Å². The number of carbonyl (C=O) groups is 1. The van der Waals surface area contributed by atoms with E-state index in [0.29, 0.717) is 5.69 Å². The summed E-state index contributed by atoms with van der Waals surface area (Å²) in [5.74, 6) is 0.149. The molecular weight excluding hydrogens is 180 g/mol. The Morgan fingerprint density at radius 1 is 1.57 bits per heavy atom. The van der Waals surface area contributed by atoms with Crippen LogP contribution in [0.3, 0.4) is 0 Å². The zero-order valence-corrected chi connectivity index (χ0v) is 8.87. The number of nitrogens with zero attached hydrogens (tertiary/aromatic N) is 2. The molecule has 0 aromatic carbocycles. The minimum atomic E-state index is -0.825. The molecule has 0 aliphatic heterocycles. The molecule has 14 heavy (non-hydrogen) atoms. The fourth-order valence-electron chi connectivity index (χ4n) is 1.46. The van der Waals surface area contributed by atoms with Crippen LogP contribution in [0.2, 0.25) is 0 Å². The topological polar surface area (TPSA) is 55.1 Å². The molecule has 0 saturated heterocycles. The molecule has 4 heteroatoms. The van der Waals surface area contributed by atoms with E-state index < -0.39 is 5.97 Å². The van der Waals surface area contributed by atoms with Gasteiger partial charge in [-0.3, -0.25) is 4.79 Å². The summed E-state index contributed by atoms with van der Waals surface area (Å²) in [6, 6.07) is 0. The SMILES string of the molecule is CCCc1nc(CC(=O)O)c(C)n1C. The molecule has 1 aromatic rings. The summed E-state index contributed by atoms with van der Waals surface area (Å²) in [6.07, 6.45) is 1.94. The first kappa shape index (κ1) is 10.8. The van der Waals surface area contributed by atoms with Gasteiger partial charge in [0, 0.05) is 19.2 Å². The van der Waals surface area contributed by atoms with Gasteiger partial charge in [0.15, 0.2) is 0 Å². The van der Waals surface area contributed by atoms with Crippen molar-refractivity contribution < 1.29 is 9.90 Å². The van der Waals surface area contributed by atoms with Crippen LogP contribution in [0.1, 0.15) is 30.6 Å². The minimum Gasteiger partial charge on any atom is -0.481 e. The van der Waals surface area contributed by atoms with Crippen molar-refractivity contribution >= 4 is 5.97 Å². The number of carboxylic acids is 1. The molecule has 0 bridgehead atoms. The maximum atomic E-state index is 10.6. The zero-order valence-electron chi connectivity index (χ0n) is 8.87. The lowest BCUT2D eigenvalue weighted by atomic mass is 10.2. The highest BCUT2D eigenvalue weighted by molar-refractivity contribution is 5.69. The zero-order chi connectivity index (χ0) is 10.7. The maximum Gasteiger partial charge on any atom is 0.309 e. The number of rotatable bonds is 4. The normalized spacial score (nSPS) is 10.5. The maximum absolute atomic E-state index is 10.6. The molecular formula is C10H16N2O2. The average Bonchev–Trinajstić information content (AvgIpc) is 2.34. The van der Waals surface area contributed by atoms with Gasteiger partial charge in [-0.05, 0) is 13.3 Å². The predicted molar refractivity (Wildman–Crippen MR) is 53.3 cm³/mol. The summed E-state index contributed by atoms with van der Waals surface area (Å²) >= 11 is 0. The molecule has 0 unspecified atom stereocenters. The first-order chi connectivity index (χ1) is 6.56. The van der Waals surface area contributed by atoms with Crippen LogP contribution in [0, 0.1) is 6.92 Å². The summed E-state index contributed by atoms with van der Waals surface area (Å²) in [5, 5.41) is 8.67. The Balaban J connectivity index is 2.96. The Morgan fingerprint density at radius 2 is 2.21 bits per heavy atom. The Kier molecular flexibility index (Phi) is 3.28. The van der Waals surface area contributed by atoms with Crippen LogP contribution in [0.5, 0.6) is 0 Å². The highest BCUT2D eigenvalue weighted by Crippen LogP contribution is 2.11. The largest absolute Gasteiger partial charge is 0.481 e. The van der Waals surface area contributed by atoms with Crippen LogP contribution in [0.15, 0.2) is 0 Å². The summed E-state index contributed by atoms with van der Waals surface area (Å²) in [4.78, 5) is 14.9. The smallest absolute Gasteiger partial charge is 0.309 e. The lowest BCUT2D eigenvalue weighted by Crippen LogP contribution is -2.02. The van der Waals surface area contributed by atoms with Crippen molar-refractivity contribution in [2.24, 2.45) is 7.05 Å². The fraction of sp³-hybridized carbons (Fsp3) is 0.600. The molecule has 0 aliphatic rings. The van der Waals surface area contributed by atoms with Gasteiger partial charge >= 0.3 is 5.97 Å². The van der Waals surface area contributed by atoms with Crippen LogP contribution < -0.4 is 0 Å². The number of aliphatic carboxylic acids is 1. The molecule has 1 rings (SSSR count). The third kappa shape index (κ3) is 2.13. The van der Waals surface area contributed by atoms with E-state index in [0.717, 1.165) is 24.4 Å². The van der Waals surface area contributed by atoms with Crippen molar-refractivity contribution in [3.05, 3.63) is 17.2 Å². The van der Waals surface area contributed by atoms with Crippen LogP contribution in [-0.4, -0.2) is 20.6 Å². The van der Waals surface area contributed by atoms with E-state index in [1.807, 2.05) is 18.5 Å². The Labute approximate surface area is 83.6 Å². The second-order valence-corrected chi connectivity index (χ2v) is 3.44. The number of carboxylic acid groups (broad SMARTS) is 1. The first-order valence-electron chi connectivity index (χ1n) is 4.79. The van der Waals surface area contributed by atoms with Crippen LogP contribution in [-0.2, 0) is 24.7 Å². The second kappa shape index (κ2) is 4.26. The quantitative estimate of drug-likeness (QED) is 0.789. The molecule has 0 fully saturated rings. The monoisotopic (exact) mass is 196 g/mol. The molecule has 1 heterocycles. The van der Waals surface area contributed by atoms with Gasteiger partial charge in [0.05, 0.1) is 12.1 Å². The molecule has 0 spiro atoms. The summed E-state index contributed by atoms with van der Waals surface area (Å²) in [7, 11) is 1.93. The van der Waals surface area contributed by atoms with Gasteiger partial charge in [-0.15, -0.1) is 0 Å². The van der Waals surface area contributed by atoms with Crippen molar-refractivity contribution in [3.63, 3.8) is 0 Å². The number of hydrogen-bond acceptors (Lipinski definition) is 2. The van der Waals surface area contributed by atoms with E-state index in [4.69, 9.17) is 5.11 Å². The van der Waals surface area contributed by atoms with E-state index in [2.05, 4.69) is 11.9 Å². The third-order valence-electron chi connectivity index (χ3n) is 2.36. The summed E-state index contributed by atoms with van der Waals surface area (Å²) < 4.78 is 1.97. The minimum absolute atomic E-state index is 0.0172. The van der Waals surface area contributed by atoms with Crippen molar-refractivity contribution in [1.82, 2.24) is 9.55 Å². The molecule has 1 N–H and O–H groups in total. The van der Waals surface area contributed by atoms with Gasteiger partial charge in [0.25, 0.3) is 0 Å². The van der Waals surface area contributed by atoms with Crippen molar-refractivity contribution in [2.45, 2.75) is 33.1 Å². The lowest BCUT2D eigenvalue weighted by molar-refractivity contribution is -0.136. The number of hydrogen-bond donors (Lipinski definition) is 1. The number of aryl methyl sites for hydroxylation is 1. The van der Waals surface area contributed by atoms with Crippen LogP contribution >= 0.6 is 0 Å². The highest BCUT2D eigenvalue weighted by atomic mass is 16.4. The van der Waals surface area contributed by atoms with E-state index in [9.17, 15) is 4.79 Å². The highest BCUT2D eigenvalue weighted by Gasteiger charge is 2.12. The number of imidazole rings is 1. The molecule has 0 aliphatic carbocycles. The van der Waals surface area contributed by atoms with Crippen molar-refractivity contribution in [2.75, 3.05) is 0 Å². The lowest BCUT2D eigenvalue weighted by Gasteiger charge is -2.00. The van der Waals surface area contributed by atoms with Gasteiger partial charge in [-0.25, -0.2) is 4.98 Å². The van der Waals surface area contributed by atoms with Gasteiger partial charge in [0.1, 0.15) is 5.82 Å². The fourth-order valence-corrected chi connectivity index (χ4v) is 1.46. The van der Waals surface area contributed by atoms with Gasteiger partial charge in [-0.2, -0.15) is 0 Å². The Bertz CT molecular complexity index is 342. The van der Waals surface area contributed by atoms with Gasteiger partial charge in [-0.1, -0.05) is 6.92 Å².